The monoisotopic (exact) mass is 451 g/mol. The van der Waals surface area contributed by atoms with Crippen molar-refractivity contribution in [2.75, 3.05) is 0 Å². The zero-order chi connectivity index (χ0) is 22.4. The van der Waals surface area contributed by atoms with E-state index in [1.54, 1.807) is 24.3 Å². The van der Waals surface area contributed by atoms with Gasteiger partial charge in [0.1, 0.15) is 11.6 Å². The first-order valence-corrected chi connectivity index (χ1v) is 10.5. The van der Waals surface area contributed by atoms with Gasteiger partial charge in [-0.3, -0.25) is 24.5 Å². The summed E-state index contributed by atoms with van der Waals surface area (Å²) in [6, 6.07) is 11.6. The van der Waals surface area contributed by atoms with Crippen LogP contribution in [0.2, 0.25) is 5.02 Å². The van der Waals surface area contributed by atoms with Crippen LogP contribution in [0.1, 0.15) is 44.9 Å². The summed E-state index contributed by atoms with van der Waals surface area (Å²) in [5.74, 6) is -1.27. The second-order valence-electron chi connectivity index (χ2n) is 7.83. The number of amides is 4. The van der Waals surface area contributed by atoms with Gasteiger partial charge in [0, 0.05) is 35.5 Å². The van der Waals surface area contributed by atoms with Gasteiger partial charge in [0.2, 0.25) is 11.8 Å². The lowest BCUT2D eigenvalue weighted by Crippen LogP contribution is -2.52. The van der Waals surface area contributed by atoms with E-state index >= 15 is 0 Å². The molecular formula is C23H18ClN3O5. The average Bonchev–Trinajstić information content (AvgIpc) is 3.34. The molecule has 0 spiro atoms. The van der Waals surface area contributed by atoms with E-state index in [1.165, 1.54) is 4.90 Å². The van der Waals surface area contributed by atoms with E-state index in [0.29, 0.717) is 28.2 Å². The Morgan fingerprint density at radius 3 is 2.78 bits per heavy atom. The van der Waals surface area contributed by atoms with E-state index in [9.17, 15) is 19.2 Å². The molecular weight excluding hydrogens is 434 g/mol. The second kappa shape index (κ2) is 7.80. The van der Waals surface area contributed by atoms with Crippen LogP contribution in [-0.2, 0) is 22.7 Å². The predicted molar refractivity (Wildman–Crippen MR) is 115 cm³/mol. The van der Waals surface area contributed by atoms with Crippen LogP contribution in [0.15, 0.2) is 46.9 Å². The number of hydrogen-bond acceptors (Lipinski definition) is 5. The van der Waals surface area contributed by atoms with Crippen molar-refractivity contribution in [1.29, 1.82) is 0 Å². The number of para-hydroxylation sites is 1. The van der Waals surface area contributed by atoms with Crippen molar-refractivity contribution in [3.63, 3.8) is 0 Å². The van der Waals surface area contributed by atoms with Crippen molar-refractivity contribution in [3.05, 3.63) is 69.9 Å². The van der Waals surface area contributed by atoms with Crippen LogP contribution in [0.5, 0.6) is 0 Å². The first-order chi connectivity index (χ1) is 15.4. The molecule has 0 bridgehead atoms. The number of halogens is 1. The Labute approximate surface area is 187 Å². The first-order valence-electron chi connectivity index (χ1n) is 10.1. The molecule has 0 saturated carbocycles. The summed E-state index contributed by atoms with van der Waals surface area (Å²) in [4.78, 5) is 50.4. The van der Waals surface area contributed by atoms with E-state index in [1.807, 2.05) is 18.2 Å². The van der Waals surface area contributed by atoms with Crippen molar-refractivity contribution in [3.8, 4) is 0 Å². The minimum atomic E-state index is -0.692. The first kappa shape index (κ1) is 20.3. The Kier molecular flexibility index (Phi) is 4.94. The number of carbonyl (C=O) groups is 4. The number of hydrogen-bond donors (Lipinski definition) is 2. The van der Waals surface area contributed by atoms with E-state index in [0.717, 1.165) is 10.9 Å². The number of nitrogens with one attached hydrogen (secondary N) is 2. The minimum absolute atomic E-state index is 0.147. The van der Waals surface area contributed by atoms with Crippen molar-refractivity contribution in [1.82, 2.24) is 15.5 Å². The van der Waals surface area contributed by atoms with Crippen molar-refractivity contribution in [2.45, 2.75) is 32.0 Å². The van der Waals surface area contributed by atoms with E-state index in [4.69, 9.17) is 16.0 Å². The standard InChI is InChI=1S/C23H18ClN3O5/c24-16-9-15-14(11-27(23(15)31)17-5-6-20(28)26-21(17)29)7-13(16)10-25-22(30)19-8-12-3-1-2-4-18(12)32-19/h1-4,7-9,17H,5-6,10-11H2,(H,25,30)(H,26,28,29). The molecule has 9 heteroatoms. The fourth-order valence-corrected chi connectivity index (χ4v) is 4.36. The fourth-order valence-electron chi connectivity index (χ4n) is 4.13. The summed E-state index contributed by atoms with van der Waals surface area (Å²) in [6.45, 7) is 0.386. The number of benzene rings is 2. The lowest BCUT2D eigenvalue weighted by atomic mass is 10.0. The van der Waals surface area contributed by atoms with Gasteiger partial charge in [-0.15, -0.1) is 0 Å². The molecule has 0 radical (unpaired) electrons. The summed E-state index contributed by atoms with van der Waals surface area (Å²) in [5.41, 5.74) is 2.41. The lowest BCUT2D eigenvalue weighted by molar-refractivity contribution is -0.136. The zero-order valence-electron chi connectivity index (χ0n) is 16.8. The summed E-state index contributed by atoms with van der Waals surface area (Å²) < 4.78 is 5.58. The summed E-state index contributed by atoms with van der Waals surface area (Å²) >= 11 is 6.38. The molecule has 4 amide bonds. The lowest BCUT2D eigenvalue weighted by Gasteiger charge is -2.29. The molecule has 8 nitrogen and oxygen atoms in total. The molecule has 1 aromatic heterocycles. The fraction of sp³-hybridized carbons (Fsp3) is 0.217. The van der Waals surface area contributed by atoms with Crippen LogP contribution >= 0.6 is 11.6 Å². The van der Waals surface area contributed by atoms with E-state index in [2.05, 4.69) is 10.6 Å². The number of furan rings is 1. The maximum absolute atomic E-state index is 12.8. The number of nitrogens with zero attached hydrogens (tertiary/aromatic N) is 1. The Hall–Kier alpha value is -3.65. The quantitative estimate of drug-likeness (QED) is 0.593. The molecule has 0 aliphatic carbocycles. The van der Waals surface area contributed by atoms with Crippen LogP contribution in [0.3, 0.4) is 0 Å². The minimum Gasteiger partial charge on any atom is -0.451 e. The molecule has 162 valence electrons. The molecule has 1 atom stereocenters. The van der Waals surface area contributed by atoms with Crippen LogP contribution < -0.4 is 10.6 Å². The highest BCUT2D eigenvalue weighted by Gasteiger charge is 2.39. The highest BCUT2D eigenvalue weighted by molar-refractivity contribution is 6.32. The molecule has 1 fully saturated rings. The van der Waals surface area contributed by atoms with Gasteiger partial charge < -0.3 is 14.6 Å². The third kappa shape index (κ3) is 3.52. The molecule has 32 heavy (non-hydrogen) atoms. The van der Waals surface area contributed by atoms with Crippen molar-refractivity contribution >= 4 is 46.2 Å². The third-order valence-electron chi connectivity index (χ3n) is 5.78. The summed E-state index contributed by atoms with van der Waals surface area (Å²) in [6.07, 6.45) is 0.481. The maximum Gasteiger partial charge on any atom is 0.287 e. The topological polar surface area (TPSA) is 109 Å². The van der Waals surface area contributed by atoms with Crippen LogP contribution in [-0.4, -0.2) is 34.6 Å². The Bertz CT molecular complexity index is 1270. The molecule has 2 aliphatic rings. The highest BCUT2D eigenvalue weighted by atomic mass is 35.5. The number of imide groups is 1. The summed E-state index contributed by atoms with van der Waals surface area (Å²) in [5, 5.41) is 6.24. The Morgan fingerprint density at radius 2 is 2.00 bits per heavy atom. The third-order valence-corrected chi connectivity index (χ3v) is 6.13. The van der Waals surface area contributed by atoms with Crippen molar-refractivity contribution < 1.29 is 23.6 Å². The van der Waals surface area contributed by atoms with Crippen LogP contribution in [0.4, 0.5) is 0 Å². The van der Waals surface area contributed by atoms with Gasteiger partial charge in [0.05, 0.1) is 0 Å². The zero-order valence-corrected chi connectivity index (χ0v) is 17.6. The van der Waals surface area contributed by atoms with Crippen LogP contribution in [0, 0.1) is 0 Å². The predicted octanol–water partition coefficient (Wildman–Crippen LogP) is 2.78. The van der Waals surface area contributed by atoms with Gasteiger partial charge in [-0.25, -0.2) is 0 Å². The molecule has 3 heterocycles. The molecule has 2 aromatic carbocycles. The van der Waals surface area contributed by atoms with Crippen LogP contribution in [0.25, 0.3) is 11.0 Å². The van der Waals surface area contributed by atoms with E-state index < -0.39 is 11.9 Å². The molecule has 2 aliphatic heterocycles. The van der Waals surface area contributed by atoms with Gasteiger partial charge in [-0.05, 0) is 41.8 Å². The number of rotatable bonds is 4. The molecule has 3 aromatic rings. The van der Waals surface area contributed by atoms with Gasteiger partial charge in [0.25, 0.3) is 11.8 Å². The highest BCUT2D eigenvalue weighted by Crippen LogP contribution is 2.31. The maximum atomic E-state index is 12.8. The molecule has 1 unspecified atom stereocenters. The van der Waals surface area contributed by atoms with Gasteiger partial charge in [-0.2, -0.15) is 0 Å². The SMILES string of the molecule is O=C1CCC(N2Cc3cc(CNC(=O)c4cc5ccccc5o4)c(Cl)cc3C2=O)C(=O)N1. The molecule has 5 rings (SSSR count). The Balaban J connectivity index is 1.31. The largest absolute Gasteiger partial charge is 0.451 e. The number of fused-ring (bicyclic) bond motifs is 2. The molecule has 2 N–H and O–H groups in total. The Morgan fingerprint density at radius 1 is 1.19 bits per heavy atom. The second-order valence-corrected chi connectivity index (χ2v) is 8.24. The van der Waals surface area contributed by atoms with E-state index in [-0.39, 0.29) is 43.0 Å². The van der Waals surface area contributed by atoms with Gasteiger partial charge >= 0.3 is 0 Å². The molecule has 1 saturated heterocycles. The smallest absolute Gasteiger partial charge is 0.287 e. The average molecular weight is 452 g/mol. The number of carbonyl (C=O) groups excluding carboxylic acids is 4. The number of piperidine rings is 1. The van der Waals surface area contributed by atoms with Crippen molar-refractivity contribution in [2.24, 2.45) is 0 Å². The van der Waals surface area contributed by atoms with Gasteiger partial charge in [0.15, 0.2) is 5.76 Å². The van der Waals surface area contributed by atoms with Gasteiger partial charge in [-0.1, -0.05) is 29.8 Å². The normalized spacial score (nSPS) is 18.1. The summed E-state index contributed by atoms with van der Waals surface area (Å²) in [7, 11) is 0.